The predicted octanol–water partition coefficient (Wildman–Crippen LogP) is 1.79. The van der Waals surface area contributed by atoms with Gasteiger partial charge in [0.2, 0.25) is 11.9 Å². The number of anilines is 2. The lowest BCUT2D eigenvalue weighted by atomic mass is 10.0. The third kappa shape index (κ3) is 2.01. The molecule has 19 heavy (non-hydrogen) atoms. The summed E-state index contributed by atoms with van der Waals surface area (Å²) in [7, 11) is 1.65. The van der Waals surface area contributed by atoms with Gasteiger partial charge in [-0.15, -0.1) is 5.10 Å². The number of nitrogens with one attached hydrogen (secondary N) is 1. The van der Waals surface area contributed by atoms with Crippen LogP contribution in [0.5, 0.6) is 5.75 Å². The van der Waals surface area contributed by atoms with E-state index in [2.05, 4.69) is 21.5 Å². The van der Waals surface area contributed by atoms with Crippen LogP contribution >= 0.6 is 0 Å². The van der Waals surface area contributed by atoms with E-state index in [4.69, 9.17) is 10.5 Å². The molecular formula is C13H15N5O. The summed E-state index contributed by atoms with van der Waals surface area (Å²) in [6.07, 6.45) is 2.09. The molecule has 1 aromatic heterocycles. The number of hydrogen-bond acceptors (Lipinski definition) is 5. The highest BCUT2D eigenvalue weighted by atomic mass is 16.5. The van der Waals surface area contributed by atoms with Crippen LogP contribution in [0.1, 0.15) is 18.5 Å². The van der Waals surface area contributed by atoms with Crippen molar-refractivity contribution in [3.8, 4) is 5.75 Å². The topological polar surface area (TPSA) is 78.0 Å². The van der Waals surface area contributed by atoms with E-state index in [0.29, 0.717) is 5.95 Å². The summed E-state index contributed by atoms with van der Waals surface area (Å²) in [4.78, 5) is 4.16. The van der Waals surface area contributed by atoms with Crippen LogP contribution in [0, 0.1) is 0 Å². The number of allylic oxidation sites excluding steroid dienone is 2. The monoisotopic (exact) mass is 257 g/mol. The van der Waals surface area contributed by atoms with Crippen molar-refractivity contribution in [1.29, 1.82) is 0 Å². The highest BCUT2D eigenvalue weighted by Gasteiger charge is 2.22. The number of nitrogens with zero attached hydrogens (tertiary/aromatic N) is 3. The quantitative estimate of drug-likeness (QED) is 0.857. The lowest BCUT2D eigenvalue weighted by molar-refractivity contribution is 0.414. The Kier molecular flexibility index (Phi) is 2.63. The molecule has 0 aliphatic carbocycles. The van der Waals surface area contributed by atoms with E-state index in [-0.39, 0.29) is 12.0 Å². The number of ether oxygens (including phenoxy) is 1. The van der Waals surface area contributed by atoms with Crippen LogP contribution < -0.4 is 15.8 Å². The molecule has 0 bridgehead atoms. The first kappa shape index (κ1) is 11.6. The molecule has 1 unspecified atom stereocenters. The van der Waals surface area contributed by atoms with Gasteiger partial charge in [0.05, 0.1) is 7.11 Å². The minimum Gasteiger partial charge on any atom is -0.497 e. The second-order valence-electron chi connectivity index (χ2n) is 4.43. The number of rotatable bonds is 2. The molecule has 98 valence electrons. The summed E-state index contributed by atoms with van der Waals surface area (Å²) in [5, 5.41) is 7.38. The van der Waals surface area contributed by atoms with Crippen LogP contribution in [0.3, 0.4) is 0 Å². The van der Waals surface area contributed by atoms with Crippen LogP contribution in [0.2, 0.25) is 0 Å². The summed E-state index contributed by atoms with van der Waals surface area (Å²) in [6, 6.07) is 7.88. The maximum absolute atomic E-state index is 5.66. The Labute approximate surface area is 110 Å². The van der Waals surface area contributed by atoms with Gasteiger partial charge in [-0.3, -0.25) is 0 Å². The predicted molar refractivity (Wildman–Crippen MR) is 72.9 cm³/mol. The van der Waals surface area contributed by atoms with Crippen LogP contribution in [-0.4, -0.2) is 21.9 Å². The molecule has 0 saturated carbocycles. The standard InChI is InChI=1S/C13H15N5O/c1-8-7-11(9-3-5-10(19-2)6-4-9)18-13(15-8)16-12(14)17-18/h3-7,11H,1-2H3,(H3,14,15,16,17). The van der Waals surface area contributed by atoms with Gasteiger partial charge in [-0.25, -0.2) is 4.68 Å². The summed E-state index contributed by atoms with van der Waals surface area (Å²) in [6.45, 7) is 1.99. The highest BCUT2D eigenvalue weighted by Crippen LogP contribution is 2.29. The van der Waals surface area contributed by atoms with Crippen LogP contribution in [0.4, 0.5) is 11.9 Å². The minimum absolute atomic E-state index is 0.00745. The number of fused-ring (bicyclic) bond motifs is 1. The first-order chi connectivity index (χ1) is 9.17. The fraction of sp³-hybridized carbons (Fsp3) is 0.231. The van der Waals surface area contributed by atoms with E-state index in [9.17, 15) is 0 Å². The normalized spacial score (nSPS) is 17.4. The summed E-state index contributed by atoms with van der Waals surface area (Å²) >= 11 is 0. The summed E-state index contributed by atoms with van der Waals surface area (Å²) in [5.74, 6) is 1.76. The van der Waals surface area contributed by atoms with Crippen LogP contribution in [-0.2, 0) is 0 Å². The Bertz CT molecular complexity index is 629. The Balaban J connectivity index is 2.04. The van der Waals surface area contributed by atoms with Crippen molar-refractivity contribution in [2.75, 3.05) is 18.2 Å². The Hall–Kier alpha value is -2.50. The first-order valence-corrected chi connectivity index (χ1v) is 5.99. The van der Waals surface area contributed by atoms with Gasteiger partial charge < -0.3 is 15.8 Å². The maximum Gasteiger partial charge on any atom is 0.241 e. The zero-order valence-electron chi connectivity index (χ0n) is 10.8. The van der Waals surface area contributed by atoms with Crippen LogP contribution in [0.15, 0.2) is 36.0 Å². The minimum atomic E-state index is -0.00745. The molecule has 6 nitrogen and oxygen atoms in total. The fourth-order valence-electron chi connectivity index (χ4n) is 2.18. The van der Waals surface area contributed by atoms with Gasteiger partial charge in [0, 0.05) is 5.70 Å². The highest BCUT2D eigenvalue weighted by molar-refractivity contribution is 5.45. The smallest absolute Gasteiger partial charge is 0.241 e. The SMILES string of the molecule is COc1ccc(C2C=C(C)Nc3nc(N)nn32)cc1. The van der Waals surface area contributed by atoms with Gasteiger partial charge in [-0.05, 0) is 30.7 Å². The molecule has 1 aliphatic heterocycles. The second kappa shape index (κ2) is 4.31. The van der Waals surface area contributed by atoms with E-state index in [1.807, 2.05) is 31.2 Å². The largest absolute Gasteiger partial charge is 0.497 e. The molecule has 1 atom stereocenters. The lowest BCUT2D eigenvalue weighted by Gasteiger charge is -2.22. The molecule has 2 heterocycles. The van der Waals surface area contributed by atoms with E-state index in [1.54, 1.807) is 11.8 Å². The average Bonchev–Trinajstić information content (AvgIpc) is 2.78. The molecule has 3 rings (SSSR count). The van der Waals surface area contributed by atoms with Crippen molar-refractivity contribution in [2.45, 2.75) is 13.0 Å². The molecule has 0 spiro atoms. The number of benzene rings is 1. The molecular weight excluding hydrogens is 242 g/mol. The Morgan fingerprint density at radius 2 is 2.05 bits per heavy atom. The van der Waals surface area contributed by atoms with E-state index < -0.39 is 0 Å². The fourth-order valence-corrected chi connectivity index (χ4v) is 2.18. The third-order valence-electron chi connectivity index (χ3n) is 3.09. The molecule has 0 fully saturated rings. The number of hydrogen-bond donors (Lipinski definition) is 2. The molecule has 0 saturated heterocycles. The molecule has 3 N–H and O–H groups in total. The van der Waals surface area contributed by atoms with Crippen LogP contribution in [0.25, 0.3) is 0 Å². The van der Waals surface area contributed by atoms with Gasteiger partial charge in [-0.1, -0.05) is 12.1 Å². The van der Waals surface area contributed by atoms with Crippen molar-refractivity contribution in [3.63, 3.8) is 0 Å². The molecule has 0 amide bonds. The maximum atomic E-state index is 5.66. The number of aromatic nitrogens is 3. The average molecular weight is 257 g/mol. The Morgan fingerprint density at radius 1 is 1.32 bits per heavy atom. The van der Waals surface area contributed by atoms with Crippen molar-refractivity contribution in [2.24, 2.45) is 0 Å². The van der Waals surface area contributed by atoms with Crippen molar-refractivity contribution >= 4 is 11.9 Å². The number of nitrogen functional groups attached to an aromatic ring is 1. The summed E-state index contributed by atoms with van der Waals surface area (Å²) < 4.78 is 6.95. The number of methoxy groups -OCH3 is 1. The van der Waals surface area contributed by atoms with Gasteiger partial charge >= 0.3 is 0 Å². The molecule has 1 aliphatic rings. The van der Waals surface area contributed by atoms with E-state index >= 15 is 0 Å². The van der Waals surface area contributed by atoms with E-state index in [0.717, 1.165) is 17.0 Å². The zero-order valence-corrected chi connectivity index (χ0v) is 10.8. The van der Waals surface area contributed by atoms with Crippen molar-refractivity contribution in [1.82, 2.24) is 14.8 Å². The third-order valence-corrected chi connectivity index (χ3v) is 3.09. The van der Waals surface area contributed by atoms with Crippen molar-refractivity contribution in [3.05, 3.63) is 41.6 Å². The molecule has 0 radical (unpaired) electrons. The van der Waals surface area contributed by atoms with Gasteiger partial charge in [0.15, 0.2) is 0 Å². The molecule has 1 aromatic carbocycles. The molecule has 6 heteroatoms. The van der Waals surface area contributed by atoms with Gasteiger partial charge in [0.1, 0.15) is 11.8 Å². The van der Waals surface area contributed by atoms with Gasteiger partial charge in [-0.2, -0.15) is 4.98 Å². The zero-order chi connectivity index (χ0) is 13.4. The lowest BCUT2D eigenvalue weighted by Crippen LogP contribution is -2.19. The second-order valence-corrected chi connectivity index (χ2v) is 4.43. The van der Waals surface area contributed by atoms with Crippen molar-refractivity contribution < 1.29 is 4.74 Å². The molecule has 2 aromatic rings. The Morgan fingerprint density at radius 3 is 2.74 bits per heavy atom. The first-order valence-electron chi connectivity index (χ1n) is 5.99. The van der Waals surface area contributed by atoms with E-state index in [1.165, 1.54) is 0 Å². The summed E-state index contributed by atoms with van der Waals surface area (Å²) in [5.41, 5.74) is 7.80. The number of nitrogens with two attached hydrogens (primary N) is 1. The van der Waals surface area contributed by atoms with Gasteiger partial charge in [0.25, 0.3) is 0 Å².